The second-order valence-electron chi connectivity index (χ2n) is 4.64. The fourth-order valence-electron chi connectivity index (χ4n) is 2.42. The molecule has 0 radical (unpaired) electrons. The Balaban J connectivity index is 2.20. The van der Waals surface area contributed by atoms with Crippen LogP contribution in [0.1, 0.15) is 17.4 Å². The van der Waals surface area contributed by atoms with E-state index >= 15 is 0 Å². The van der Waals surface area contributed by atoms with Crippen LogP contribution in [0.25, 0.3) is 0 Å². The molecule has 1 atom stereocenters. The first kappa shape index (κ1) is 10.9. The zero-order valence-corrected chi connectivity index (χ0v) is 10.7. The van der Waals surface area contributed by atoms with Crippen molar-refractivity contribution in [2.24, 2.45) is 4.99 Å². The molecule has 7 nitrogen and oxygen atoms in total. The maximum atomic E-state index is 12.2. The lowest BCUT2D eigenvalue weighted by Gasteiger charge is -2.30. The molecule has 18 heavy (non-hydrogen) atoms. The Bertz CT molecular complexity index is 615. The third-order valence-corrected chi connectivity index (χ3v) is 3.64. The highest BCUT2D eigenvalue weighted by atomic mass is 16.2. The van der Waals surface area contributed by atoms with Gasteiger partial charge >= 0.3 is 12.0 Å². The average molecular weight is 248 g/mol. The van der Waals surface area contributed by atoms with Crippen LogP contribution in [-0.4, -0.2) is 46.7 Å². The molecule has 94 valence electrons. The zero-order valence-electron chi connectivity index (χ0n) is 10.7. The van der Waals surface area contributed by atoms with E-state index in [1.807, 2.05) is 18.4 Å². The minimum absolute atomic E-state index is 0.247. The average Bonchev–Trinajstić information content (AvgIpc) is 2.83. The second kappa shape index (κ2) is 3.18. The van der Waals surface area contributed by atoms with Crippen molar-refractivity contribution in [3.05, 3.63) is 11.4 Å². The predicted octanol–water partition coefficient (Wildman–Crippen LogP) is 0.0275. The summed E-state index contributed by atoms with van der Waals surface area (Å²) in [7, 11) is 3.12. The van der Waals surface area contributed by atoms with Gasteiger partial charge in [-0.25, -0.2) is 14.3 Å². The SMILES string of the molecule is Cc1[nH]c2[n+](c1C)C1C(=O)N(C)C(=O)N(C)C1=N2. The van der Waals surface area contributed by atoms with Crippen molar-refractivity contribution in [3.63, 3.8) is 0 Å². The number of hydrogen-bond donors (Lipinski definition) is 1. The number of amides is 3. The maximum absolute atomic E-state index is 12.2. The third kappa shape index (κ3) is 1.08. The van der Waals surface area contributed by atoms with Crippen LogP contribution in [0.4, 0.5) is 10.7 Å². The number of urea groups is 1. The first-order valence-electron chi connectivity index (χ1n) is 5.68. The number of imide groups is 1. The molecule has 2 aliphatic rings. The first-order chi connectivity index (χ1) is 8.43. The summed E-state index contributed by atoms with van der Waals surface area (Å²) < 4.78 is 1.84. The summed E-state index contributed by atoms with van der Waals surface area (Å²) >= 11 is 0. The number of carbonyl (C=O) groups excluding carboxylic acids is 2. The van der Waals surface area contributed by atoms with Crippen LogP contribution in [0.5, 0.6) is 0 Å². The Morgan fingerprint density at radius 3 is 2.56 bits per heavy atom. The highest BCUT2D eigenvalue weighted by molar-refractivity contribution is 6.18. The van der Waals surface area contributed by atoms with Crippen molar-refractivity contribution >= 4 is 23.7 Å². The molecule has 3 rings (SSSR count). The van der Waals surface area contributed by atoms with Gasteiger partial charge in [0.25, 0.3) is 5.91 Å². The number of aliphatic imine (C=N–C) groups is 1. The summed E-state index contributed by atoms with van der Waals surface area (Å²) in [6.45, 7) is 3.86. The van der Waals surface area contributed by atoms with Gasteiger partial charge in [-0.1, -0.05) is 4.99 Å². The molecule has 1 aromatic rings. The Morgan fingerprint density at radius 2 is 1.89 bits per heavy atom. The largest absolute Gasteiger partial charge is 0.399 e. The van der Waals surface area contributed by atoms with Gasteiger partial charge < -0.3 is 0 Å². The molecular weight excluding hydrogens is 234 g/mol. The summed E-state index contributed by atoms with van der Waals surface area (Å²) in [5, 5.41) is 0. The molecule has 3 heterocycles. The quantitative estimate of drug-likeness (QED) is 0.658. The molecular formula is C11H14N5O2+. The van der Waals surface area contributed by atoms with Crippen LogP contribution >= 0.6 is 0 Å². The van der Waals surface area contributed by atoms with Crippen LogP contribution in [0, 0.1) is 13.8 Å². The number of aryl methyl sites for hydroxylation is 1. The van der Waals surface area contributed by atoms with Gasteiger partial charge in [-0.15, -0.1) is 0 Å². The third-order valence-electron chi connectivity index (χ3n) is 3.64. The van der Waals surface area contributed by atoms with E-state index in [4.69, 9.17) is 0 Å². The molecule has 0 aromatic carbocycles. The van der Waals surface area contributed by atoms with Crippen molar-refractivity contribution in [1.82, 2.24) is 14.8 Å². The normalized spacial score (nSPS) is 22.2. The van der Waals surface area contributed by atoms with E-state index < -0.39 is 6.04 Å². The van der Waals surface area contributed by atoms with Crippen LogP contribution in [-0.2, 0) is 4.79 Å². The molecule has 3 amide bonds. The molecule has 0 aliphatic carbocycles. The first-order valence-corrected chi connectivity index (χ1v) is 5.68. The molecule has 1 unspecified atom stereocenters. The topological polar surface area (TPSA) is 72.7 Å². The number of carbonyl (C=O) groups is 2. The van der Waals surface area contributed by atoms with Gasteiger partial charge in [0.1, 0.15) is 11.4 Å². The van der Waals surface area contributed by atoms with Gasteiger partial charge in [-0.05, 0) is 13.8 Å². The Labute approximate surface area is 104 Å². The number of nitrogens with one attached hydrogen (secondary N) is 1. The summed E-state index contributed by atoms with van der Waals surface area (Å²) in [5.74, 6) is 0.855. The lowest BCUT2D eigenvalue weighted by molar-refractivity contribution is -0.682. The Kier molecular flexibility index (Phi) is 1.93. The number of amidine groups is 1. The molecule has 0 saturated carbocycles. The molecule has 1 N–H and O–H groups in total. The molecule has 1 fully saturated rings. The Morgan fingerprint density at radius 1 is 1.22 bits per heavy atom. The number of nitrogens with zero attached hydrogens (tertiary/aromatic N) is 4. The second-order valence-corrected chi connectivity index (χ2v) is 4.64. The fraction of sp³-hybridized carbons (Fsp3) is 0.455. The summed E-state index contributed by atoms with van der Waals surface area (Å²) in [6, 6.07) is -0.882. The number of aromatic amines is 1. The number of fused-ring (bicyclic) bond motifs is 3. The minimum atomic E-state index is -0.530. The molecule has 1 saturated heterocycles. The van der Waals surface area contributed by atoms with E-state index in [1.54, 1.807) is 7.05 Å². The highest BCUT2D eigenvalue weighted by Gasteiger charge is 2.52. The van der Waals surface area contributed by atoms with E-state index in [0.29, 0.717) is 11.8 Å². The van der Waals surface area contributed by atoms with E-state index in [1.165, 1.54) is 11.9 Å². The van der Waals surface area contributed by atoms with Gasteiger partial charge in [-0.3, -0.25) is 14.6 Å². The van der Waals surface area contributed by atoms with Crippen LogP contribution in [0.2, 0.25) is 0 Å². The molecule has 0 spiro atoms. The van der Waals surface area contributed by atoms with E-state index in [2.05, 4.69) is 9.98 Å². The number of H-pyrrole nitrogens is 1. The number of rotatable bonds is 0. The van der Waals surface area contributed by atoms with Crippen LogP contribution < -0.4 is 4.57 Å². The van der Waals surface area contributed by atoms with Gasteiger partial charge in [0, 0.05) is 14.1 Å². The van der Waals surface area contributed by atoms with Crippen molar-refractivity contribution in [1.29, 1.82) is 0 Å². The van der Waals surface area contributed by atoms with Gasteiger partial charge in [-0.2, -0.15) is 0 Å². The summed E-state index contributed by atoms with van der Waals surface area (Å²) in [5.41, 5.74) is 1.93. The lowest BCUT2D eigenvalue weighted by atomic mass is 10.1. The number of hydrogen-bond acceptors (Lipinski definition) is 3. The maximum Gasteiger partial charge on any atom is 0.399 e. The number of likely N-dealkylation sites (N-methyl/N-ethyl adjacent to an activating group) is 2. The zero-order chi connectivity index (χ0) is 13.2. The van der Waals surface area contributed by atoms with Crippen molar-refractivity contribution in [2.75, 3.05) is 14.1 Å². The molecule has 1 aromatic heterocycles. The van der Waals surface area contributed by atoms with E-state index in [-0.39, 0.29) is 11.9 Å². The van der Waals surface area contributed by atoms with Crippen molar-refractivity contribution in [2.45, 2.75) is 19.9 Å². The van der Waals surface area contributed by atoms with Crippen molar-refractivity contribution in [3.8, 4) is 0 Å². The number of aromatic nitrogens is 2. The standard InChI is InChI=1S/C11H13N5O2/c1-5-6(2)16-7-8(13-10(16)12-5)14(3)11(18)15(4)9(7)17/h7H,1-4H3/p+1. The highest BCUT2D eigenvalue weighted by Crippen LogP contribution is 2.27. The minimum Gasteiger partial charge on any atom is -0.270 e. The lowest BCUT2D eigenvalue weighted by Crippen LogP contribution is -2.62. The summed E-state index contributed by atoms with van der Waals surface area (Å²) in [4.78, 5) is 34.1. The van der Waals surface area contributed by atoms with Gasteiger partial charge in [0.05, 0.1) is 0 Å². The van der Waals surface area contributed by atoms with Crippen LogP contribution in [0.15, 0.2) is 4.99 Å². The molecule has 0 bridgehead atoms. The van der Waals surface area contributed by atoms with Gasteiger partial charge in [0.2, 0.25) is 11.9 Å². The molecule has 7 heteroatoms. The Hall–Kier alpha value is -2.18. The summed E-state index contributed by atoms with van der Waals surface area (Å²) in [6.07, 6.45) is 0. The van der Waals surface area contributed by atoms with E-state index in [9.17, 15) is 9.59 Å². The number of imidazole rings is 1. The van der Waals surface area contributed by atoms with Crippen LogP contribution in [0.3, 0.4) is 0 Å². The molecule has 2 aliphatic heterocycles. The van der Waals surface area contributed by atoms with Gasteiger partial charge in [0.15, 0.2) is 0 Å². The predicted molar refractivity (Wildman–Crippen MR) is 62.5 cm³/mol. The fourth-order valence-corrected chi connectivity index (χ4v) is 2.42. The smallest absolute Gasteiger partial charge is 0.270 e. The van der Waals surface area contributed by atoms with Crippen molar-refractivity contribution < 1.29 is 14.2 Å². The van der Waals surface area contributed by atoms with E-state index in [0.717, 1.165) is 16.3 Å². The monoisotopic (exact) mass is 248 g/mol.